The summed E-state index contributed by atoms with van der Waals surface area (Å²) in [7, 11) is 0. The van der Waals surface area contributed by atoms with Crippen molar-refractivity contribution in [3.8, 4) is 0 Å². The second-order valence-corrected chi connectivity index (χ2v) is 7.33. The zero-order valence-corrected chi connectivity index (χ0v) is 14.8. The van der Waals surface area contributed by atoms with Gasteiger partial charge in [-0.2, -0.15) is 0 Å². The lowest BCUT2D eigenvalue weighted by Gasteiger charge is -2.06. The number of thioether (sulfide) groups is 2. The molecule has 0 radical (unpaired) electrons. The van der Waals surface area contributed by atoms with Gasteiger partial charge in [0.25, 0.3) is 0 Å². The topological polar surface area (TPSA) is 29.1 Å². The first-order valence-electron chi connectivity index (χ1n) is 7.11. The van der Waals surface area contributed by atoms with Gasteiger partial charge in [0, 0.05) is 28.0 Å². The second-order valence-electron chi connectivity index (χ2n) is 4.74. The van der Waals surface area contributed by atoms with Crippen molar-refractivity contribution in [3.63, 3.8) is 0 Å². The largest absolute Gasteiger partial charge is 0.355 e. The first kappa shape index (κ1) is 18.2. The maximum atomic E-state index is 13.6. The van der Waals surface area contributed by atoms with E-state index in [9.17, 15) is 9.18 Å². The molecular weight excluding hydrogens is 353 g/mol. The molecule has 0 saturated heterocycles. The number of amides is 1. The highest BCUT2D eigenvalue weighted by Gasteiger charge is 2.05. The number of carbonyl (C=O) groups is 1. The third-order valence-electron chi connectivity index (χ3n) is 2.94. The zero-order valence-electron chi connectivity index (χ0n) is 12.4. The maximum absolute atomic E-state index is 13.6. The molecule has 0 aliphatic carbocycles. The smallest absolute Gasteiger partial charge is 0.230 e. The van der Waals surface area contributed by atoms with Crippen LogP contribution in [-0.4, -0.2) is 24.0 Å². The van der Waals surface area contributed by atoms with Crippen LogP contribution in [0.3, 0.4) is 0 Å². The molecule has 0 atom stereocenters. The lowest BCUT2D eigenvalue weighted by atomic mass is 10.2. The van der Waals surface area contributed by atoms with E-state index in [2.05, 4.69) is 5.32 Å². The van der Waals surface area contributed by atoms with Gasteiger partial charge in [-0.1, -0.05) is 35.9 Å². The van der Waals surface area contributed by atoms with Crippen LogP contribution in [0.5, 0.6) is 0 Å². The molecule has 2 rings (SSSR count). The number of nitrogens with one attached hydrogen (secondary N) is 1. The van der Waals surface area contributed by atoms with Crippen LogP contribution in [-0.2, 0) is 10.5 Å². The molecule has 1 amide bonds. The molecule has 122 valence electrons. The molecule has 1 N–H and O–H groups in total. The Labute approximate surface area is 149 Å². The summed E-state index contributed by atoms with van der Waals surface area (Å²) in [4.78, 5) is 12.9. The van der Waals surface area contributed by atoms with E-state index in [0.29, 0.717) is 28.6 Å². The van der Waals surface area contributed by atoms with Crippen molar-refractivity contribution in [2.45, 2.75) is 10.6 Å². The van der Waals surface area contributed by atoms with Gasteiger partial charge < -0.3 is 5.32 Å². The van der Waals surface area contributed by atoms with Crippen molar-refractivity contribution in [1.82, 2.24) is 5.32 Å². The minimum atomic E-state index is -0.329. The van der Waals surface area contributed by atoms with E-state index >= 15 is 0 Å². The quantitative estimate of drug-likeness (QED) is 0.543. The molecule has 0 aliphatic rings. The molecule has 0 unspecified atom stereocenters. The van der Waals surface area contributed by atoms with Gasteiger partial charge >= 0.3 is 0 Å². The van der Waals surface area contributed by atoms with E-state index in [1.807, 2.05) is 30.3 Å². The van der Waals surface area contributed by atoms with E-state index < -0.39 is 0 Å². The van der Waals surface area contributed by atoms with Crippen molar-refractivity contribution in [3.05, 3.63) is 64.9 Å². The molecule has 0 heterocycles. The summed E-state index contributed by atoms with van der Waals surface area (Å²) in [5.41, 5.74) is 0.562. The van der Waals surface area contributed by atoms with Crippen LogP contribution in [0.1, 0.15) is 5.56 Å². The fraction of sp³-hybridized carbons (Fsp3) is 0.235. The summed E-state index contributed by atoms with van der Waals surface area (Å²) in [5.74, 6) is 1.24. The van der Waals surface area contributed by atoms with Gasteiger partial charge in [0.05, 0.1) is 5.75 Å². The third kappa shape index (κ3) is 6.85. The Kier molecular flexibility index (Phi) is 7.79. The predicted molar refractivity (Wildman–Crippen MR) is 97.7 cm³/mol. The first-order chi connectivity index (χ1) is 11.1. The summed E-state index contributed by atoms with van der Waals surface area (Å²) >= 11 is 8.79. The van der Waals surface area contributed by atoms with Gasteiger partial charge in [0.15, 0.2) is 0 Å². The summed E-state index contributed by atoms with van der Waals surface area (Å²) in [5, 5.41) is 3.25. The van der Waals surface area contributed by atoms with E-state index in [1.54, 1.807) is 23.9 Å². The highest BCUT2D eigenvalue weighted by molar-refractivity contribution is 7.99. The van der Waals surface area contributed by atoms with Crippen molar-refractivity contribution >= 4 is 41.0 Å². The molecule has 0 bridgehead atoms. The minimum absolute atomic E-state index is 0.0296. The second kappa shape index (κ2) is 9.85. The average molecular weight is 370 g/mol. The van der Waals surface area contributed by atoms with E-state index in [1.165, 1.54) is 22.7 Å². The van der Waals surface area contributed by atoms with Crippen LogP contribution in [0.25, 0.3) is 0 Å². The van der Waals surface area contributed by atoms with Crippen molar-refractivity contribution in [1.29, 1.82) is 0 Å². The minimum Gasteiger partial charge on any atom is -0.355 e. The maximum Gasteiger partial charge on any atom is 0.230 e. The lowest BCUT2D eigenvalue weighted by Crippen LogP contribution is -2.27. The standard InChI is InChI=1S/C17H17ClFNOS2/c18-14-7-6-13(16(19)10-14)11-22-12-17(21)20-8-9-23-15-4-2-1-3-5-15/h1-7,10H,8-9,11-12H2,(H,20,21). The monoisotopic (exact) mass is 369 g/mol. The average Bonchev–Trinajstić information content (AvgIpc) is 2.55. The van der Waals surface area contributed by atoms with Crippen molar-refractivity contribution in [2.75, 3.05) is 18.1 Å². The SMILES string of the molecule is O=C(CSCc1ccc(Cl)cc1F)NCCSc1ccccc1. The Hall–Kier alpha value is -1.17. The Balaban J connectivity index is 1.60. The van der Waals surface area contributed by atoms with Crippen LogP contribution in [0.2, 0.25) is 5.02 Å². The normalized spacial score (nSPS) is 10.5. The summed E-state index contributed by atoms with van der Waals surface area (Å²) in [6.07, 6.45) is 0. The van der Waals surface area contributed by atoms with Crippen molar-refractivity contribution in [2.24, 2.45) is 0 Å². The highest BCUT2D eigenvalue weighted by atomic mass is 35.5. The molecule has 2 aromatic carbocycles. The predicted octanol–water partition coefficient (Wildman–Crippen LogP) is 4.62. The van der Waals surface area contributed by atoms with Crippen LogP contribution >= 0.6 is 35.1 Å². The fourth-order valence-electron chi connectivity index (χ4n) is 1.82. The van der Waals surface area contributed by atoms with Crippen LogP contribution < -0.4 is 5.32 Å². The fourth-order valence-corrected chi connectivity index (χ4v) is 3.61. The number of hydrogen-bond acceptors (Lipinski definition) is 3. The third-order valence-corrected chi connectivity index (χ3v) is 5.17. The van der Waals surface area contributed by atoms with Gasteiger partial charge in [0.1, 0.15) is 5.82 Å². The number of rotatable bonds is 8. The molecule has 23 heavy (non-hydrogen) atoms. The van der Waals surface area contributed by atoms with Crippen LogP contribution in [0.15, 0.2) is 53.4 Å². The van der Waals surface area contributed by atoms with Gasteiger partial charge in [0.2, 0.25) is 5.91 Å². The van der Waals surface area contributed by atoms with Gasteiger partial charge in [-0.25, -0.2) is 4.39 Å². The number of hydrogen-bond donors (Lipinski definition) is 1. The molecule has 0 fully saturated rings. The summed E-state index contributed by atoms with van der Waals surface area (Å²) < 4.78 is 13.6. The molecule has 0 aliphatic heterocycles. The Bertz CT molecular complexity index is 640. The van der Waals surface area contributed by atoms with E-state index in [4.69, 9.17) is 11.6 Å². The molecular formula is C17H17ClFNOS2. The summed E-state index contributed by atoms with van der Waals surface area (Å²) in [6, 6.07) is 14.7. The van der Waals surface area contributed by atoms with E-state index in [0.717, 1.165) is 5.75 Å². The Morgan fingerprint density at radius 3 is 2.70 bits per heavy atom. The highest BCUT2D eigenvalue weighted by Crippen LogP contribution is 2.19. The van der Waals surface area contributed by atoms with Gasteiger partial charge in [-0.05, 0) is 29.8 Å². The zero-order chi connectivity index (χ0) is 16.5. The van der Waals surface area contributed by atoms with Crippen molar-refractivity contribution < 1.29 is 9.18 Å². The Morgan fingerprint density at radius 2 is 1.96 bits per heavy atom. The Morgan fingerprint density at radius 1 is 1.17 bits per heavy atom. The first-order valence-corrected chi connectivity index (χ1v) is 9.63. The van der Waals surface area contributed by atoms with Crippen LogP contribution in [0.4, 0.5) is 4.39 Å². The molecule has 0 spiro atoms. The molecule has 6 heteroatoms. The lowest BCUT2D eigenvalue weighted by molar-refractivity contribution is -0.118. The number of carbonyl (C=O) groups excluding carboxylic acids is 1. The number of halogens is 2. The summed E-state index contributed by atoms with van der Waals surface area (Å²) in [6.45, 7) is 0.619. The molecule has 2 nitrogen and oxygen atoms in total. The van der Waals surface area contributed by atoms with Crippen LogP contribution in [0, 0.1) is 5.82 Å². The molecule has 2 aromatic rings. The molecule has 0 saturated carbocycles. The number of benzene rings is 2. The molecule has 0 aromatic heterocycles. The van der Waals surface area contributed by atoms with Gasteiger partial charge in [-0.3, -0.25) is 4.79 Å². The van der Waals surface area contributed by atoms with E-state index in [-0.39, 0.29) is 11.7 Å². The van der Waals surface area contributed by atoms with Gasteiger partial charge in [-0.15, -0.1) is 23.5 Å².